The summed E-state index contributed by atoms with van der Waals surface area (Å²) < 4.78 is 12.3. The third-order valence-corrected chi connectivity index (χ3v) is 7.77. The highest BCUT2D eigenvalue weighted by Gasteiger charge is 2.20. The molecule has 0 bridgehead atoms. The minimum Gasteiger partial charge on any atom is -0.490 e. The van der Waals surface area contributed by atoms with Gasteiger partial charge in [0, 0.05) is 29.7 Å². The Labute approximate surface area is 248 Å². The molecule has 0 amide bonds. The van der Waals surface area contributed by atoms with Gasteiger partial charge >= 0.3 is 5.97 Å². The second-order valence-electron chi connectivity index (χ2n) is 9.73. The first kappa shape index (κ1) is 28.1. The summed E-state index contributed by atoms with van der Waals surface area (Å²) in [6, 6.07) is 12.6. The maximum Gasteiger partial charge on any atom is 0.344 e. The number of benzene rings is 2. The van der Waals surface area contributed by atoms with E-state index in [-0.39, 0.29) is 0 Å². The summed E-state index contributed by atoms with van der Waals surface area (Å²) in [6.45, 7) is 6.11. The largest absolute Gasteiger partial charge is 0.490 e. The van der Waals surface area contributed by atoms with Crippen molar-refractivity contribution in [3.05, 3.63) is 57.2 Å². The minimum atomic E-state index is -0.433. The highest BCUT2D eigenvalue weighted by molar-refractivity contribution is 14.1. The monoisotopic (exact) mass is 655 g/mol. The molecule has 2 saturated heterocycles. The zero-order valence-corrected chi connectivity index (χ0v) is 24.8. The fraction of sp³-hybridized carbons (Fsp3) is 0.414. The number of hydrogen-bond acceptors (Lipinski definition) is 10. The topological polar surface area (TPSA) is 105 Å². The van der Waals surface area contributed by atoms with Gasteiger partial charge in [0.25, 0.3) is 0 Å². The Hall–Kier alpha value is -3.48. The van der Waals surface area contributed by atoms with Crippen molar-refractivity contribution in [1.82, 2.24) is 15.0 Å². The number of hydrazone groups is 1. The molecule has 210 valence electrons. The molecule has 0 atom stereocenters. The molecule has 2 aromatic carbocycles. The van der Waals surface area contributed by atoms with Crippen molar-refractivity contribution in [2.75, 3.05) is 48.0 Å². The van der Waals surface area contributed by atoms with Gasteiger partial charge < -0.3 is 19.3 Å². The van der Waals surface area contributed by atoms with Crippen molar-refractivity contribution in [1.29, 1.82) is 0 Å². The quantitative estimate of drug-likeness (QED) is 0.105. The summed E-state index contributed by atoms with van der Waals surface area (Å²) in [6.07, 6.45) is 8.71. The molecule has 3 heterocycles. The number of anilines is 3. The Morgan fingerprint density at radius 1 is 0.925 bits per heavy atom. The van der Waals surface area contributed by atoms with E-state index in [1.165, 1.54) is 12.8 Å². The Morgan fingerprint density at radius 3 is 2.20 bits per heavy atom. The maximum absolute atomic E-state index is 12.7. The molecule has 3 aromatic rings. The van der Waals surface area contributed by atoms with Crippen molar-refractivity contribution in [3.8, 4) is 11.5 Å². The molecule has 0 unspecified atom stereocenters. The second-order valence-corrected chi connectivity index (χ2v) is 10.9. The lowest BCUT2D eigenvalue weighted by molar-refractivity contribution is 0.0727. The Bertz CT molecular complexity index is 1300. The van der Waals surface area contributed by atoms with Gasteiger partial charge in [-0.25, -0.2) is 10.2 Å². The summed E-state index contributed by atoms with van der Waals surface area (Å²) >= 11 is 2.12. The van der Waals surface area contributed by atoms with Crippen LogP contribution in [0.15, 0.2) is 47.6 Å². The Balaban J connectivity index is 1.32. The average molecular weight is 656 g/mol. The number of carbonyl (C=O) groups is 1. The van der Waals surface area contributed by atoms with Crippen LogP contribution < -0.4 is 24.7 Å². The highest BCUT2D eigenvalue weighted by Crippen LogP contribution is 2.29. The van der Waals surface area contributed by atoms with Crippen LogP contribution in [0.25, 0.3) is 0 Å². The molecule has 1 N–H and O–H groups in total. The summed E-state index contributed by atoms with van der Waals surface area (Å²) in [5.74, 6) is 2.20. The van der Waals surface area contributed by atoms with Crippen molar-refractivity contribution in [2.45, 2.75) is 45.4 Å². The van der Waals surface area contributed by atoms with E-state index in [1.807, 2.05) is 31.2 Å². The lowest BCUT2D eigenvalue weighted by Crippen LogP contribution is -2.34. The molecular formula is C29H34IN7O3. The van der Waals surface area contributed by atoms with Crippen LogP contribution in [0, 0.1) is 3.57 Å². The molecule has 11 heteroatoms. The molecule has 40 heavy (non-hydrogen) atoms. The number of halogens is 1. The molecule has 0 saturated carbocycles. The number of hydrogen-bond donors (Lipinski definition) is 1. The van der Waals surface area contributed by atoms with E-state index in [1.54, 1.807) is 24.4 Å². The van der Waals surface area contributed by atoms with Crippen molar-refractivity contribution in [2.24, 2.45) is 5.10 Å². The number of piperidine rings is 2. The minimum absolute atomic E-state index is 0.353. The zero-order chi connectivity index (χ0) is 27.7. The van der Waals surface area contributed by atoms with Crippen molar-refractivity contribution < 1.29 is 14.3 Å². The lowest BCUT2D eigenvalue weighted by atomic mass is 10.1. The average Bonchev–Trinajstić information content (AvgIpc) is 2.99. The molecule has 0 aliphatic carbocycles. The van der Waals surface area contributed by atoms with Gasteiger partial charge in [0.15, 0.2) is 11.5 Å². The third-order valence-electron chi connectivity index (χ3n) is 6.83. The van der Waals surface area contributed by atoms with E-state index in [2.05, 4.69) is 52.9 Å². The van der Waals surface area contributed by atoms with Gasteiger partial charge in [0.2, 0.25) is 17.8 Å². The number of aromatic nitrogens is 3. The lowest BCUT2D eigenvalue weighted by Gasteiger charge is -2.30. The van der Waals surface area contributed by atoms with Crippen LogP contribution in [0.5, 0.6) is 11.5 Å². The fourth-order valence-electron chi connectivity index (χ4n) is 4.78. The number of esters is 1. The summed E-state index contributed by atoms with van der Waals surface area (Å²) in [5, 5.41) is 4.41. The van der Waals surface area contributed by atoms with Gasteiger partial charge in [-0.3, -0.25) is 0 Å². The van der Waals surface area contributed by atoms with Crippen molar-refractivity contribution in [3.63, 3.8) is 0 Å². The van der Waals surface area contributed by atoms with Crippen LogP contribution in [0.4, 0.5) is 17.8 Å². The fourth-order valence-corrected chi connectivity index (χ4v) is 5.39. The molecule has 2 fully saturated rings. The van der Waals surface area contributed by atoms with Crippen LogP contribution in [0.1, 0.15) is 61.4 Å². The van der Waals surface area contributed by atoms with Gasteiger partial charge in [0.05, 0.1) is 18.4 Å². The van der Waals surface area contributed by atoms with E-state index in [9.17, 15) is 4.79 Å². The summed E-state index contributed by atoms with van der Waals surface area (Å²) in [4.78, 5) is 31.4. The number of rotatable bonds is 9. The van der Waals surface area contributed by atoms with Crippen LogP contribution in [0.3, 0.4) is 0 Å². The molecule has 2 aliphatic heterocycles. The van der Waals surface area contributed by atoms with Crippen LogP contribution in [0.2, 0.25) is 0 Å². The SMILES string of the molecule is CCOc1cc(/C=N/Nc2nc(N3CCCCC3)nc(N3CCCCC3)n2)ccc1OC(=O)c1ccccc1I. The number of nitrogens with zero attached hydrogens (tertiary/aromatic N) is 6. The van der Waals surface area contributed by atoms with Crippen LogP contribution >= 0.6 is 22.6 Å². The van der Waals surface area contributed by atoms with E-state index >= 15 is 0 Å². The molecule has 1 aromatic heterocycles. The molecule has 10 nitrogen and oxygen atoms in total. The number of ether oxygens (including phenoxy) is 2. The van der Waals surface area contributed by atoms with Gasteiger partial charge in [-0.1, -0.05) is 12.1 Å². The standard InChI is InChI=1S/C29H34IN7O3/c1-2-39-25-19-21(13-14-24(25)40-26(38)22-11-5-6-12-23(22)30)20-31-35-27-32-28(36-15-7-3-8-16-36)34-29(33-27)37-17-9-4-10-18-37/h5-6,11-14,19-20H,2-4,7-10,15-18H2,1H3,(H,32,33,34,35)/b31-20+. The van der Waals surface area contributed by atoms with E-state index in [0.717, 1.165) is 61.0 Å². The van der Waals surface area contributed by atoms with Gasteiger partial charge in [-0.05, 0) is 104 Å². The predicted molar refractivity (Wildman–Crippen MR) is 165 cm³/mol. The zero-order valence-electron chi connectivity index (χ0n) is 22.7. The molecule has 0 radical (unpaired) electrons. The van der Waals surface area contributed by atoms with Crippen molar-refractivity contribution >= 4 is 52.6 Å². The van der Waals surface area contributed by atoms with Crippen LogP contribution in [-0.4, -0.2) is 59.9 Å². The summed E-state index contributed by atoms with van der Waals surface area (Å²) in [7, 11) is 0. The number of carbonyl (C=O) groups excluding carboxylic acids is 1. The van der Waals surface area contributed by atoms with Gasteiger partial charge in [0.1, 0.15) is 0 Å². The normalized spacial score (nSPS) is 15.8. The molecule has 2 aliphatic rings. The smallest absolute Gasteiger partial charge is 0.344 e. The maximum atomic E-state index is 12.7. The highest BCUT2D eigenvalue weighted by atomic mass is 127. The van der Waals surface area contributed by atoms with E-state index < -0.39 is 5.97 Å². The van der Waals surface area contributed by atoms with Gasteiger partial charge in [-0.2, -0.15) is 20.1 Å². The Kier molecular flexibility index (Phi) is 9.63. The first-order valence-corrected chi connectivity index (χ1v) is 15.0. The summed E-state index contributed by atoms with van der Waals surface area (Å²) in [5.41, 5.74) is 4.28. The number of nitrogens with one attached hydrogen (secondary N) is 1. The first-order chi connectivity index (χ1) is 19.6. The van der Waals surface area contributed by atoms with Gasteiger partial charge in [-0.15, -0.1) is 0 Å². The first-order valence-electron chi connectivity index (χ1n) is 13.9. The third kappa shape index (κ3) is 7.18. The molecular weight excluding hydrogens is 621 g/mol. The predicted octanol–water partition coefficient (Wildman–Crippen LogP) is 5.52. The molecule has 0 spiro atoms. The van der Waals surface area contributed by atoms with Crippen LogP contribution in [-0.2, 0) is 0 Å². The van der Waals surface area contributed by atoms with E-state index in [0.29, 0.717) is 41.5 Å². The molecule has 5 rings (SSSR count). The Morgan fingerprint density at radius 2 is 1.57 bits per heavy atom. The van der Waals surface area contributed by atoms with E-state index in [4.69, 9.17) is 14.5 Å². The second kappa shape index (κ2) is 13.7.